The number of rotatable bonds is 45. The zero-order chi connectivity index (χ0) is 40.8. The Morgan fingerprint density at radius 3 is 1.18 bits per heavy atom. The summed E-state index contributed by atoms with van der Waals surface area (Å²) in [4.78, 5) is 23.6. The van der Waals surface area contributed by atoms with Gasteiger partial charge >= 0.3 is 12.1 Å². The minimum Gasteiger partial charge on any atom is -0.463 e. The predicted octanol–water partition coefficient (Wildman–Crippen LogP) is 7.85. The van der Waals surface area contributed by atoms with Crippen molar-refractivity contribution in [2.75, 3.05) is 119 Å². The smallest absolute Gasteiger partial charge is 0.407 e. The summed E-state index contributed by atoms with van der Waals surface area (Å²) in [6, 6.07) is 9.51. The van der Waals surface area contributed by atoms with E-state index in [2.05, 4.69) is 12.2 Å². The molecule has 1 aromatic carbocycles. The maximum Gasteiger partial charge on any atom is 0.407 e. The van der Waals surface area contributed by atoms with Crippen LogP contribution in [0, 0.1) is 0 Å². The summed E-state index contributed by atoms with van der Waals surface area (Å²) in [5.41, 5.74) is 0.937. The summed E-state index contributed by atoms with van der Waals surface area (Å²) >= 11 is 0. The van der Waals surface area contributed by atoms with E-state index in [9.17, 15) is 9.59 Å². The number of hydrogen-bond acceptors (Lipinski definition) is 12. The van der Waals surface area contributed by atoms with Crippen LogP contribution in [0.1, 0.15) is 115 Å². The van der Waals surface area contributed by atoms with Gasteiger partial charge < -0.3 is 52.7 Å². The lowest BCUT2D eigenvalue weighted by atomic mass is 10.0. The van der Waals surface area contributed by atoms with Gasteiger partial charge in [-0.3, -0.25) is 4.79 Å². The Labute approximate surface area is 344 Å². The topological polar surface area (TPSA) is 138 Å². The summed E-state index contributed by atoms with van der Waals surface area (Å²) in [6.45, 7) is 10.5. The quantitative estimate of drug-likeness (QED) is 0.0507. The van der Waals surface area contributed by atoms with E-state index < -0.39 is 6.09 Å². The standard InChI is InChI=1S/C44H79NO12/c1-2-3-4-5-6-7-8-9-10-11-12-13-14-15-19-22-43(46)56-40-39-55-38-37-54-36-35-53-34-33-52-32-31-51-30-29-50-28-27-49-26-25-48-24-23-45-44(47)57-41-42-20-17-16-18-21-42/h16-18,20-21H,2-15,19,22-41H2,1H3,(H,45,47). The summed E-state index contributed by atoms with van der Waals surface area (Å²) in [7, 11) is 0. The number of hydrogen-bond donors (Lipinski definition) is 1. The zero-order valence-corrected chi connectivity index (χ0v) is 35.5. The van der Waals surface area contributed by atoms with Crippen molar-refractivity contribution >= 4 is 12.1 Å². The van der Waals surface area contributed by atoms with E-state index in [1.165, 1.54) is 83.5 Å². The Balaban J connectivity index is 1.65. The van der Waals surface area contributed by atoms with Gasteiger partial charge in [-0.15, -0.1) is 0 Å². The van der Waals surface area contributed by atoms with Gasteiger partial charge in [-0.25, -0.2) is 4.79 Å². The second-order valence-corrected chi connectivity index (χ2v) is 13.8. The number of carbonyl (C=O) groups is 2. The number of nitrogens with one attached hydrogen (secondary N) is 1. The highest BCUT2D eigenvalue weighted by atomic mass is 16.6. The highest BCUT2D eigenvalue weighted by Crippen LogP contribution is 2.14. The molecule has 0 aliphatic rings. The third-order valence-electron chi connectivity index (χ3n) is 8.81. The summed E-state index contributed by atoms with van der Waals surface area (Å²) < 4.78 is 54.2. The molecule has 13 nitrogen and oxygen atoms in total. The second-order valence-electron chi connectivity index (χ2n) is 13.8. The van der Waals surface area contributed by atoms with Gasteiger partial charge in [0, 0.05) is 13.0 Å². The van der Waals surface area contributed by atoms with Crippen LogP contribution >= 0.6 is 0 Å². The number of unbranched alkanes of at least 4 members (excludes halogenated alkanes) is 14. The summed E-state index contributed by atoms with van der Waals surface area (Å²) in [5, 5.41) is 2.65. The lowest BCUT2D eigenvalue weighted by molar-refractivity contribution is -0.145. The average Bonchev–Trinajstić information content (AvgIpc) is 3.22. The third kappa shape index (κ3) is 41.6. The van der Waals surface area contributed by atoms with Gasteiger partial charge in [0.1, 0.15) is 13.2 Å². The zero-order valence-electron chi connectivity index (χ0n) is 35.5. The molecule has 0 fully saturated rings. The number of carbonyl (C=O) groups excluding carboxylic acids is 2. The van der Waals surface area contributed by atoms with Crippen LogP contribution in [0.2, 0.25) is 0 Å². The van der Waals surface area contributed by atoms with Gasteiger partial charge in [-0.1, -0.05) is 127 Å². The van der Waals surface area contributed by atoms with Crippen molar-refractivity contribution in [1.29, 1.82) is 0 Å². The summed E-state index contributed by atoms with van der Waals surface area (Å²) in [5.74, 6) is -0.134. The number of alkyl carbamates (subject to hydrolysis) is 1. The van der Waals surface area contributed by atoms with E-state index in [1.54, 1.807) is 0 Å². The molecular formula is C44H79NO12. The normalized spacial score (nSPS) is 11.2. The monoisotopic (exact) mass is 814 g/mol. The second kappa shape index (κ2) is 44.7. The molecule has 1 aromatic rings. The molecule has 0 bridgehead atoms. The van der Waals surface area contributed by atoms with E-state index in [0.29, 0.717) is 119 Å². The molecule has 0 unspecified atom stereocenters. The molecule has 0 saturated heterocycles. The summed E-state index contributed by atoms with van der Waals surface area (Å²) in [6.07, 6.45) is 19.7. The molecule has 13 heteroatoms. The molecule has 0 saturated carbocycles. The average molecular weight is 814 g/mol. The molecule has 332 valence electrons. The predicted molar refractivity (Wildman–Crippen MR) is 222 cm³/mol. The molecule has 0 aliphatic heterocycles. The maximum absolute atomic E-state index is 11.9. The Morgan fingerprint density at radius 1 is 0.421 bits per heavy atom. The lowest BCUT2D eigenvalue weighted by Gasteiger charge is -2.09. The van der Waals surface area contributed by atoms with Crippen molar-refractivity contribution in [2.24, 2.45) is 0 Å². The van der Waals surface area contributed by atoms with Gasteiger partial charge in [0.25, 0.3) is 0 Å². The van der Waals surface area contributed by atoms with Crippen LogP contribution < -0.4 is 5.32 Å². The first-order chi connectivity index (χ1) is 28.2. The van der Waals surface area contributed by atoms with Crippen LogP contribution in [0.4, 0.5) is 4.79 Å². The minimum absolute atomic E-state index is 0.134. The molecule has 0 atom stereocenters. The number of benzene rings is 1. The number of esters is 1. The fourth-order valence-electron chi connectivity index (χ4n) is 5.57. The van der Waals surface area contributed by atoms with Gasteiger partial charge in [-0.05, 0) is 12.0 Å². The molecule has 1 amide bonds. The third-order valence-corrected chi connectivity index (χ3v) is 8.81. The van der Waals surface area contributed by atoms with Crippen molar-refractivity contribution in [3.8, 4) is 0 Å². The molecule has 0 radical (unpaired) electrons. The van der Waals surface area contributed by atoms with Crippen LogP contribution in [-0.4, -0.2) is 131 Å². The van der Waals surface area contributed by atoms with Gasteiger partial charge in [0.15, 0.2) is 0 Å². The SMILES string of the molecule is CCCCCCCCCCCCCCCCCC(=O)OCCOCCOCCOCCOCCOCCOCCOCCOCCNC(=O)OCc1ccccc1. The minimum atomic E-state index is -0.469. The van der Waals surface area contributed by atoms with Crippen LogP contribution in [0.15, 0.2) is 30.3 Å². The molecule has 0 spiro atoms. The van der Waals surface area contributed by atoms with Crippen LogP contribution in [-0.2, 0) is 58.8 Å². The van der Waals surface area contributed by atoms with Gasteiger partial charge in [0.2, 0.25) is 0 Å². The fraction of sp³-hybridized carbons (Fsp3) is 0.818. The fourth-order valence-corrected chi connectivity index (χ4v) is 5.57. The van der Waals surface area contributed by atoms with Crippen LogP contribution in [0.25, 0.3) is 0 Å². The van der Waals surface area contributed by atoms with E-state index in [-0.39, 0.29) is 19.2 Å². The van der Waals surface area contributed by atoms with Crippen molar-refractivity contribution in [1.82, 2.24) is 5.32 Å². The van der Waals surface area contributed by atoms with Crippen molar-refractivity contribution in [2.45, 2.75) is 116 Å². The molecule has 0 heterocycles. The largest absolute Gasteiger partial charge is 0.463 e. The first-order valence-electron chi connectivity index (χ1n) is 21.9. The molecule has 57 heavy (non-hydrogen) atoms. The van der Waals surface area contributed by atoms with Crippen molar-refractivity contribution < 1.29 is 57.0 Å². The van der Waals surface area contributed by atoms with Gasteiger partial charge in [-0.2, -0.15) is 0 Å². The molecule has 1 N–H and O–H groups in total. The van der Waals surface area contributed by atoms with E-state index in [0.717, 1.165) is 18.4 Å². The lowest BCUT2D eigenvalue weighted by Crippen LogP contribution is -2.28. The Morgan fingerprint density at radius 2 is 0.772 bits per heavy atom. The first kappa shape index (κ1) is 52.7. The van der Waals surface area contributed by atoms with Crippen LogP contribution in [0.5, 0.6) is 0 Å². The Bertz CT molecular complexity index is 974. The number of amides is 1. The van der Waals surface area contributed by atoms with Crippen molar-refractivity contribution in [3.05, 3.63) is 35.9 Å². The Kier molecular flexibility index (Phi) is 41.3. The molecule has 0 aromatic heterocycles. The Hall–Kier alpha value is -2.36. The van der Waals surface area contributed by atoms with E-state index in [1.807, 2.05) is 30.3 Å². The molecule has 1 rings (SSSR count). The molecular weight excluding hydrogens is 734 g/mol. The van der Waals surface area contributed by atoms with E-state index in [4.69, 9.17) is 47.4 Å². The van der Waals surface area contributed by atoms with E-state index >= 15 is 0 Å². The van der Waals surface area contributed by atoms with Gasteiger partial charge in [0.05, 0.1) is 106 Å². The highest BCUT2D eigenvalue weighted by molar-refractivity contribution is 5.69. The highest BCUT2D eigenvalue weighted by Gasteiger charge is 2.04. The van der Waals surface area contributed by atoms with Crippen LogP contribution in [0.3, 0.4) is 0 Å². The molecule has 0 aliphatic carbocycles. The van der Waals surface area contributed by atoms with Crippen molar-refractivity contribution in [3.63, 3.8) is 0 Å². The number of ether oxygens (including phenoxy) is 10. The first-order valence-corrected chi connectivity index (χ1v) is 21.9. The maximum atomic E-state index is 11.9.